The normalized spacial score (nSPS) is 17.0. The predicted molar refractivity (Wildman–Crippen MR) is 69.2 cm³/mol. The molecule has 0 unspecified atom stereocenters. The number of benzene rings is 1. The van der Waals surface area contributed by atoms with Crippen molar-refractivity contribution in [2.24, 2.45) is 0 Å². The Morgan fingerprint density at radius 3 is 1.82 bits per heavy atom. The second-order valence-electron chi connectivity index (χ2n) is 5.08. The first-order valence-corrected chi connectivity index (χ1v) is 6.28. The Kier molecular flexibility index (Phi) is 3.78. The molecule has 1 aliphatic rings. The molecule has 0 spiro atoms. The van der Waals surface area contributed by atoms with Crippen LogP contribution in [0.5, 0.6) is 0 Å². The van der Waals surface area contributed by atoms with E-state index in [1.54, 1.807) is 0 Å². The van der Waals surface area contributed by atoms with E-state index in [2.05, 4.69) is 10.6 Å². The first kappa shape index (κ1) is 16.4. The van der Waals surface area contributed by atoms with Crippen molar-refractivity contribution in [1.29, 1.82) is 0 Å². The van der Waals surface area contributed by atoms with Gasteiger partial charge in [0, 0.05) is 9.90 Å². The lowest BCUT2D eigenvalue weighted by Crippen LogP contribution is -2.40. The number of hydrogen-bond acceptors (Lipinski definition) is 1. The molecule has 2 amide bonds. The molecule has 1 aliphatic carbocycles. The minimum Gasteiger partial charge on any atom is -0.341 e. The Morgan fingerprint density at radius 2 is 1.50 bits per heavy atom. The van der Waals surface area contributed by atoms with E-state index in [0.717, 1.165) is 0 Å². The molecule has 0 aromatic heterocycles. The zero-order valence-corrected chi connectivity index (χ0v) is 11.3. The smallest absolute Gasteiger partial charge is 0.341 e. The monoisotopic (exact) mass is 330 g/mol. The van der Waals surface area contributed by atoms with Gasteiger partial charge in [0.15, 0.2) is 0 Å². The standard InChI is InChI=1S/C13H12F6N2O.2H2/c1-20-10(22)21-11(2-3-11)7-4-8(12(14,15)16)6-9(5-7)13(17,18)19;;/h4-6H,2-3H2,1H3,(H2,20,21,22);2*1H. The largest absolute Gasteiger partial charge is 0.416 e. The number of carbonyl (C=O) groups excluding carboxylic acids is 1. The Labute approximate surface area is 124 Å². The lowest BCUT2D eigenvalue weighted by molar-refractivity contribution is -0.143. The summed E-state index contributed by atoms with van der Waals surface area (Å²) >= 11 is 0. The van der Waals surface area contributed by atoms with Crippen molar-refractivity contribution in [2.75, 3.05) is 7.05 Å². The summed E-state index contributed by atoms with van der Waals surface area (Å²) in [4.78, 5) is 11.3. The van der Waals surface area contributed by atoms with Crippen molar-refractivity contribution < 1.29 is 34.0 Å². The molecule has 2 rings (SSSR count). The van der Waals surface area contributed by atoms with E-state index in [4.69, 9.17) is 0 Å². The molecule has 1 aromatic carbocycles. The summed E-state index contributed by atoms with van der Waals surface area (Å²) in [6.45, 7) is 0. The maximum atomic E-state index is 12.8. The molecule has 1 aromatic rings. The summed E-state index contributed by atoms with van der Waals surface area (Å²) in [7, 11) is 1.30. The van der Waals surface area contributed by atoms with Crippen LogP contribution in [-0.2, 0) is 17.9 Å². The minimum atomic E-state index is -4.90. The number of nitrogens with one attached hydrogen (secondary N) is 2. The second kappa shape index (κ2) is 5.06. The Morgan fingerprint density at radius 1 is 1.05 bits per heavy atom. The van der Waals surface area contributed by atoms with Crippen molar-refractivity contribution in [1.82, 2.24) is 10.6 Å². The van der Waals surface area contributed by atoms with Gasteiger partial charge < -0.3 is 10.6 Å². The van der Waals surface area contributed by atoms with Gasteiger partial charge in [-0.3, -0.25) is 0 Å². The highest BCUT2D eigenvalue weighted by Gasteiger charge is 2.48. The first-order chi connectivity index (χ1) is 9.98. The lowest BCUT2D eigenvalue weighted by atomic mass is 9.98. The molecule has 2 N–H and O–H groups in total. The van der Waals surface area contributed by atoms with Crippen LogP contribution in [0.4, 0.5) is 31.1 Å². The van der Waals surface area contributed by atoms with Gasteiger partial charge in [-0.1, -0.05) is 0 Å². The van der Waals surface area contributed by atoms with E-state index >= 15 is 0 Å². The molecular weight excluding hydrogens is 314 g/mol. The summed E-state index contributed by atoms with van der Waals surface area (Å²) in [6.07, 6.45) is -9.25. The Balaban J connectivity index is 0.00000264. The molecule has 0 saturated heterocycles. The molecule has 22 heavy (non-hydrogen) atoms. The highest BCUT2D eigenvalue weighted by Crippen LogP contribution is 2.48. The number of halogens is 6. The Bertz CT molecular complexity index is 567. The fourth-order valence-electron chi connectivity index (χ4n) is 2.12. The van der Waals surface area contributed by atoms with E-state index in [9.17, 15) is 31.1 Å². The second-order valence-corrected chi connectivity index (χ2v) is 5.08. The number of alkyl halides is 6. The fraction of sp³-hybridized carbons (Fsp3) is 0.462. The molecule has 1 saturated carbocycles. The molecular formula is C13H16F6N2O. The highest BCUT2D eigenvalue weighted by atomic mass is 19.4. The molecule has 9 heteroatoms. The van der Waals surface area contributed by atoms with Gasteiger partial charge in [-0.2, -0.15) is 26.3 Å². The van der Waals surface area contributed by atoms with Crippen molar-refractivity contribution in [2.45, 2.75) is 30.7 Å². The average Bonchev–Trinajstić information content (AvgIpc) is 3.17. The fourth-order valence-corrected chi connectivity index (χ4v) is 2.12. The number of hydrogen-bond donors (Lipinski definition) is 2. The van der Waals surface area contributed by atoms with Crippen LogP contribution in [0.25, 0.3) is 0 Å². The van der Waals surface area contributed by atoms with E-state index in [0.29, 0.717) is 12.1 Å². The molecule has 0 atom stereocenters. The van der Waals surface area contributed by atoms with Crippen molar-refractivity contribution in [3.63, 3.8) is 0 Å². The quantitative estimate of drug-likeness (QED) is 0.787. The zero-order chi connectivity index (χ0) is 16.8. The van der Waals surface area contributed by atoms with Gasteiger partial charge in [-0.15, -0.1) is 0 Å². The van der Waals surface area contributed by atoms with Gasteiger partial charge in [0.25, 0.3) is 0 Å². The number of urea groups is 1. The molecule has 0 bridgehead atoms. The maximum Gasteiger partial charge on any atom is 0.416 e. The summed E-state index contributed by atoms with van der Waals surface area (Å²) in [5.41, 5.74) is -4.15. The van der Waals surface area contributed by atoms with Gasteiger partial charge in [0.1, 0.15) is 0 Å². The molecule has 126 valence electrons. The molecule has 0 radical (unpaired) electrons. The Hall–Kier alpha value is -1.93. The summed E-state index contributed by atoms with van der Waals surface area (Å²) in [5, 5.41) is 4.63. The van der Waals surface area contributed by atoms with Crippen molar-refractivity contribution >= 4 is 6.03 Å². The summed E-state index contributed by atoms with van der Waals surface area (Å²) < 4.78 is 76.8. The molecule has 1 fully saturated rings. The predicted octanol–water partition coefficient (Wildman–Crippen LogP) is 4.13. The van der Waals surface area contributed by atoms with Gasteiger partial charge in [0.2, 0.25) is 0 Å². The molecule has 0 aliphatic heterocycles. The van der Waals surface area contributed by atoms with Crippen LogP contribution in [0.3, 0.4) is 0 Å². The van der Waals surface area contributed by atoms with Crippen LogP contribution in [0, 0.1) is 0 Å². The van der Waals surface area contributed by atoms with E-state index < -0.39 is 35.0 Å². The average molecular weight is 330 g/mol. The van der Waals surface area contributed by atoms with E-state index in [1.165, 1.54) is 7.05 Å². The third-order valence-corrected chi connectivity index (χ3v) is 3.47. The van der Waals surface area contributed by atoms with E-state index in [1.807, 2.05) is 0 Å². The topological polar surface area (TPSA) is 41.1 Å². The maximum absolute atomic E-state index is 12.8. The van der Waals surface area contributed by atoms with Crippen LogP contribution in [-0.4, -0.2) is 13.1 Å². The first-order valence-electron chi connectivity index (χ1n) is 6.28. The van der Waals surface area contributed by atoms with Crippen LogP contribution in [0.1, 0.15) is 32.4 Å². The van der Waals surface area contributed by atoms with Crippen LogP contribution in [0.2, 0.25) is 0 Å². The third-order valence-electron chi connectivity index (χ3n) is 3.47. The SMILES string of the molecule is CNC(=O)NC1(c2cc(C(F)(F)F)cc(C(F)(F)F)c2)CC1.[HH].[HH]. The number of carbonyl (C=O) groups is 1. The zero-order valence-electron chi connectivity index (χ0n) is 11.3. The molecule has 0 heterocycles. The van der Waals surface area contributed by atoms with Crippen LogP contribution < -0.4 is 10.6 Å². The van der Waals surface area contributed by atoms with Crippen molar-refractivity contribution in [3.8, 4) is 0 Å². The van der Waals surface area contributed by atoms with Crippen LogP contribution in [0.15, 0.2) is 18.2 Å². The van der Waals surface area contributed by atoms with Gasteiger partial charge in [0.05, 0.1) is 16.7 Å². The minimum absolute atomic E-state index is 0. The third kappa shape index (κ3) is 3.28. The van der Waals surface area contributed by atoms with Gasteiger partial charge >= 0.3 is 18.4 Å². The van der Waals surface area contributed by atoms with E-state index in [-0.39, 0.29) is 27.3 Å². The van der Waals surface area contributed by atoms with Gasteiger partial charge in [-0.25, -0.2) is 4.79 Å². The number of rotatable bonds is 2. The van der Waals surface area contributed by atoms with Crippen molar-refractivity contribution in [3.05, 3.63) is 34.9 Å². The lowest BCUT2D eigenvalue weighted by Gasteiger charge is -2.21. The molecule has 3 nitrogen and oxygen atoms in total. The summed E-state index contributed by atoms with van der Waals surface area (Å²) in [5.74, 6) is 0. The summed E-state index contributed by atoms with van der Waals surface area (Å²) in [6, 6.07) is 0.707. The highest BCUT2D eigenvalue weighted by molar-refractivity contribution is 5.75. The van der Waals surface area contributed by atoms with Crippen LogP contribution >= 0.6 is 0 Å². The van der Waals surface area contributed by atoms with Gasteiger partial charge in [-0.05, 0) is 36.6 Å². The number of amides is 2.